The quantitative estimate of drug-likeness (QED) is 0.661. The van der Waals surface area contributed by atoms with Gasteiger partial charge in [-0.2, -0.15) is 0 Å². The average Bonchev–Trinajstić information content (AvgIpc) is 3.21. The Kier molecular flexibility index (Phi) is 4.10. The predicted octanol–water partition coefficient (Wildman–Crippen LogP) is 3.89. The van der Waals surface area contributed by atoms with Crippen molar-refractivity contribution in [1.29, 1.82) is 0 Å². The van der Waals surface area contributed by atoms with Crippen molar-refractivity contribution >= 4 is 5.71 Å². The van der Waals surface area contributed by atoms with Crippen LogP contribution in [0.4, 0.5) is 0 Å². The fourth-order valence-corrected chi connectivity index (χ4v) is 3.12. The van der Waals surface area contributed by atoms with Crippen molar-refractivity contribution in [3.05, 3.63) is 48.3 Å². The minimum atomic E-state index is -0.00546. The minimum absolute atomic E-state index is 0.00491. The van der Waals surface area contributed by atoms with Crippen LogP contribution in [0.25, 0.3) is 0 Å². The SMILES string of the molecule is CCCC1/C(=N\O)CC(c2ccco2)NC1c1ccco1. The van der Waals surface area contributed by atoms with Gasteiger partial charge in [0.05, 0.1) is 30.3 Å². The number of hydrogen-bond donors (Lipinski definition) is 2. The third-order valence-corrected chi connectivity index (χ3v) is 4.09. The van der Waals surface area contributed by atoms with Crippen LogP contribution in [-0.4, -0.2) is 10.9 Å². The molecule has 0 spiro atoms. The van der Waals surface area contributed by atoms with E-state index in [0.29, 0.717) is 6.42 Å². The van der Waals surface area contributed by atoms with Crippen molar-refractivity contribution in [2.24, 2.45) is 11.1 Å². The van der Waals surface area contributed by atoms with Gasteiger partial charge in [-0.25, -0.2) is 0 Å². The van der Waals surface area contributed by atoms with E-state index in [1.807, 2.05) is 24.3 Å². The third kappa shape index (κ3) is 2.74. The highest BCUT2D eigenvalue weighted by Gasteiger charge is 2.38. The van der Waals surface area contributed by atoms with E-state index >= 15 is 0 Å². The Balaban J connectivity index is 1.92. The van der Waals surface area contributed by atoms with Gasteiger partial charge in [0, 0.05) is 12.3 Å². The van der Waals surface area contributed by atoms with Crippen LogP contribution >= 0.6 is 0 Å². The molecule has 5 heteroatoms. The molecular weight excluding hydrogens is 268 g/mol. The monoisotopic (exact) mass is 288 g/mol. The second-order valence-corrected chi connectivity index (χ2v) is 5.42. The molecule has 0 radical (unpaired) electrons. The topological polar surface area (TPSA) is 70.9 Å². The summed E-state index contributed by atoms with van der Waals surface area (Å²) < 4.78 is 11.1. The highest BCUT2D eigenvalue weighted by Crippen LogP contribution is 2.38. The van der Waals surface area contributed by atoms with E-state index in [-0.39, 0.29) is 18.0 Å². The summed E-state index contributed by atoms with van der Waals surface area (Å²) in [5, 5.41) is 16.6. The van der Waals surface area contributed by atoms with Crippen molar-refractivity contribution in [3.63, 3.8) is 0 Å². The van der Waals surface area contributed by atoms with Crippen LogP contribution in [0.2, 0.25) is 0 Å². The van der Waals surface area contributed by atoms with Gasteiger partial charge in [-0.15, -0.1) is 0 Å². The van der Waals surface area contributed by atoms with E-state index in [1.54, 1.807) is 12.5 Å². The number of piperidine rings is 1. The molecule has 3 unspecified atom stereocenters. The second-order valence-electron chi connectivity index (χ2n) is 5.42. The van der Waals surface area contributed by atoms with E-state index < -0.39 is 0 Å². The zero-order valence-electron chi connectivity index (χ0n) is 12.0. The summed E-state index contributed by atoms with van der Waals surface area (Å²) in [5.41, 5.74) is 0.804. The van der Waals surface area contributed by atoms with E-state index in [0.717, 1.165) is 30.1 Å². The molecule has 0 aliphatic carbocycles. The molecule has 3 atom stereocenters. The van der Waals surface area contributed by atoms with E-state index in [9.17, 15) is 5.21 Å². The van der Waals surface area contributed by atoms with Crippen molar-refractivity contribution < 1.29 is 14.0 Å². The van der Waals surface area contributed by atoms with Crippen LogP contribution in [0.5, 0.6) is 0 Å². The maximum atomic E-state index is 9.42. The van der Waals surface area contributed by atoms with E-state index in [1.165, 1.54) is 0 Å². The first kappa shape index (κ1) is 13.9. The Hall–Kier alpha value is -2.01. The van der Waals surface area contributed by atoms with Gasteiger partial charge in [0.1, 0.15) is 11.5 Å². The lowest BCUT2D eigenvalue weighted by atomic mass is 9.81. The molecule has 2 aromatic heterocycles. The van der Waals surface area contributed by atoms with E-state index in [4.69, 9.17) is 8.83 Å². The van der Waals surface area contributed by atoms with Crippen LogP contribution in [-0.2, 0) is 0 Å². The van der Waals surface area contributed by atoms with Crippen molar-refractivity contribution in [1.82, 2.24) is 5.32 Å². The van der Waals surface area contributed by atoms with Crippen LogP contribution in [0, 0.1) is 5.92 Å². The van der Waals surface area contributed by atoms with Crippen LogP contribution in [0.1, 0.15) is 49.8 Å². The van der Waals surface area contributed by atoms with Crippen molar-refractivity contribution in [3.8, 4) is 0 Å². The molecule has 0 saturated carbocycles. The summed E-state index contributed by atoms with van der Waals surface area (Å²) >= 11 is 0. The van der Waals surface area contributed by atoms with Gasteiger partial charge in [-0.1, -0.05) is 18.5 Å². The van der Waals surface area contributed by atoms with Gasteiger partial charge in [-0.05, 0) is 30.7 Å². The van der Waals surface area contributed by atoms with Crippen LogP contribution in [0.15, 0.2) is 50.8 Å². The van der Waals surface area contributed by atoms with Gasteiger partial charge in [0.25, 0.3) is 0 Å². The predicted molar refractivity (Wildman–Crippen MR) is 78.3 cm³/mol. The fraction of sp³-hybridized carbons (Fsp3) is 0.438. The molecule has 112 valence electrons. The summed E-state index contributed by atoms with van der Waals surface area (Å²) in [6.07, 6.45) is 5.95. The van der Waals surface area contributed by atoms with Gasteiger partial charge in [0.15, 0.2) is 0 Å². The molecule has 2 aromatic rings. The first-order valence-electron chi connectivity index (χ1n) is 7.37. The summed E-state index contributed by atoms with van der Waals surface area (Å²) in [5.74, 6) is 1.85. The number of furan rings is 2. The summed E-state index contributed by atoms with van der Waals surface area (Å²) in [6, 6.07) is 7.63. The van der Waals surface area contributed by atoms with E-state index in [2.05, 4.69) is 17.4 Å². The van der Waals surface area contributed by atoms with Crippen LogP contribution in [0.3, 0.4) is 0 Å². The van der Waals surface area contributed by atoms with Crippen LogP contribution < -0.4 is 5.32 Å². The molecule has 21 heavy (non-hydrogen) atoms. The first-order valence-corrected chi connectivity index (χ1v) is 7.37. The lowest BCUT2D eigenvalue weighted by Gasteiger charge is -2.36. The van der Waals surface area contributed by atoms with Crippen molar-refractivity contribution in [2.45, 2.75) is 38.3 Å². The maximum Gasteiger partial charge on any atom is 0.121 e. The molecule has 2 N–H and O–H groups in total. The average molecular weight is 288 g/mol. The molecule has 1 saturated heterocycles. The smallest absolute Gasteiger partial charge is 0.121 e. The number of hydrogen-bond acceptors (Lipinski definition) is 5. The lowest BCUT2D eigenvalue weighted by Crippen LogP contribution is -2.42. The maximum absolute atomic E-state index is 9.42. The molecule has 3 rings (SSSR count). The zero-order chi connectivity index (χ0) is 14.7. The Morgan fingerprint density at radius 3 is 2.52 bits per heavy atom. The highest BCUT2D eigenvalue weighted by molar-refractivity contribution is 5.88. The molecule has 1 aliphatic heterocycles. The largest absolute Gasteiger partial charge is 0.468 e. The molecule has 0 amide bonds. The van der Waals surface area contributed by atoms with Crippen molar-refractivity contribution in [2.75, 3.05) is 0 Å². The summed E-state index contributed by atoms with van der Waals surface area (Å²) in [6.45, 7) is 2.13. The molecule has 1 fully saturated rings. The summed E-state index contributed by atoms with van der Waals surface area (Å²) in [4.78, 5) is 0. The molecule has 0 aromatic carbocycles. The number of nitrogens with zero attached hydrogens (tertiary/aromatic N) is 1. The number of oxime groups is 1. The molecule has 3 heterocycles. The lowest BCUT2D eigenvalue weighted by molar-refractivity contribution is 0.253. The Labute approximate surface area is 123 Å². The molecule has 5 nitrogen and oxygen atoms in total. The summed E-state index contributed by atoms with van der Waals surface area (Å²) in [7, 11) is 0. The Morgan fingerprint density at radius 1 is 1.24 bits per heavy atom. The Bertz CT molecular complexity index is 575. The fourth-order valence-electron chi connectivity index (χ4n) is 3.12. The standard InChI is InChI=1S/C16H20N2O3/c1-2-5-11-12(18-19)10-13(14-6-3-8-20-14)17-16(11)15-7-4-9-21-15/h3-4,6-9,11,13,16-17,19H,2,5,10H2,1H3/b18-12-. The highest BCUT2D eigenvalue weighted by atomic mass is 16.4. The molecule has 1 aliphatic rings. The van der Waals surface area contributed by atoms with Gasteiger partial charge < -0.3 is 14.0 Å². The molecule has 0 bridgehead atoms. The van der Waals surface area contributed by atoms with Gasteiger partial charge in [-0.3, -0.25) is 5.32 Å². The normalized spacial score (nSPS) is 28.0. The molecular formula is C16H20N2O3. The van der Waals surface area contributed by atoms with Gasteiger partial charge in [0.2, 0.25) is 0 Å². The Morgan fingerprint density at radius 2 is 1.95 bits per heavy atom. The zero-order valence-corrected chi connectivity index (χ0v) is 12.0. The second kappa shape index (κ2) is 6.18. The first-order chi connectivity index (χ1) is 10.3. The minimum Gasteiger partial charge on any atom is -0.468 e. The number of nitrogens with one attached hydrogen (secondary N) is 1. The number of rotatable bonds is 4. The third-order valence-electron chi connectivity index (χ3n) is 4.09. The van der Waals surface area contributed by atoms with Gasteiger partial charge >= 0.3 is 0 Å².